The molecule has 1 aliphatic carbocycles. The van der Waals surface area contributed by atoms with Gasteiger partial charge in [-0.1, -0.05) is 0 Å². The normalized spacial score (nSPS) is 16.9. The summed E-state index contributed by atoms with van der Waals surface area (Å²) in [7, 11) is 3.68. The number of anilines is 3. The van der Waals surface area contributed by atoms with Gasteiger partial charge >= 0.3 is 0 Å². The van der Waals surface area contributed by atoms with Crippen molar-refractivity contribution in [2.45, 2.75) is 24.8 Å². The minimum atomic E-state index is -0.295. The van der Waals surface area contributed by atoms with Crippen LogP contribution in [0.4, 0.5) is 17.8 Å². The number of nitrogens with two attached hydrogens (primary N) is 1. The molecule has 1 aromatic rings. The van der Waals surface area contributed by atoms with E-state index < -0.39 is 0 Å². The summed E-state index contributed by atoms with van der Waals surface area (Å²) in [5.74, 6) is 6.56. The second-order valence-corrected chi connectivity index (χ2v) is 4.74. The average molecular weight is 253 g/mol. The smallest absolute Gasteiger partial charge is 0.243 e. The van der Waals surface area contributed by atoms with Crippen molar-refractivity contribution in [2.24, 2.45) is 5.84 Å². The topological polar surface area (TPSA) is 112 Å². The highest BCUT2D eigenvalue weighted by Gasteiger charge is 2.37. The average Bonchev–Trinajstić information content (AvgIpc) is 2.33. The quantitative estimate of drug-likeness (QED) is 0.412. The Hall–Kier alpha value is -1.67. The van der Waals surface area contributed by atoms with Crippen molar-refractivity contribution in [3.05, 3.63) is 0 Å². The molecule has 0 aliphatic heterocycles. The number of hydrazine groups is 1. The molecule has 1 saturated carbocycles. The molecule has 0 aromatic carbocycles. The number of hydrogen-bond donors (Lipinski definition) is 4. The first-order valence-corrected chi connectivity index (χ1v) is 5.88. The van der Waals surface area contributed by atoms with E-state index in [1.54, 1.807) is 4.90 Å². The summed E-state index contributed by atoms with van der Waals surface area (Å²) in [5, 5.41) is 12.6. The molecule has 0 unspecified atom stereocenters. The van der Waals surface area contributed by atoms with Crippen LogP contribution in [0, 0.1) is 0 Å². The number of aromatic nitrogens is 3. The molecule has 0 bridgehead atoms. The largest absolute Gasteiger partial charge is 0.394 e. The van der Waals surface area contributed by atoms with Crippen molar-refractivity contribution in [2.75, 3.05) is 36.3 Å². The number of nitrogens with one attached hydrogen (secondary N) is 2. The van der Waals surface area contributed by atoms with Crippen LogP contribution in [0.25, 0.3) is 0 Å². The molecule has 18 heavy (non-hydrogen) atoms. The zero-order chi connectivity index (χ0) is 13.2. The van der Waals surface area contributed by atoms with E-state index in [9.17, 15) is 5.11 Å². The number of nitrogens with zero attached hydrogens (tertiary/aromatic N) is 4. The number of hydrogen-bond acceptors (Lipinski definition) is 8. The van der Waals surface area contributed by atoms with E-state index in [1.165, 1.54) is 0 Å². The van der Waals surface area contributed by atoms with Gasteiger partial charge < -0.3 is 15.3 Å². The first kappa shape index (κ1) is 12.8. The fraction of sp³-hybridized carbons (Fsp3) is 0.700. The Labute approximate surface area is 106 Å². The van der Waals surface area contributed by atoms with E-state index in [1.807, 2.05) is 14.1 Å². The van der Waals surface area contributed by atoms with E-state index >= 15 is 0 Å². The zero-order valence-corrected chi connectivity index (χ0v) is 10.6. The third-order valence-electron chi connectivity index (χ3n) is 3.14. The maximum Gasteiger partial charge on any atom is 0.243 e. The second kappa shape index (κ2) is 4.91. The van der Waals surface area contributed by atoms with Gasteiger partial charge in [0.1, 0.15) is 0 Å². The molecule has 100 valence electrons. The molecule has 1 aliphatic rings. The van der Waals surface area contributed by atoms with Gasteiger partial charge in [0.05, 0.1) is 12.1 Å². The van der Waals surface area contributed by atoms with Crippen LogP contribution in [0.15, 0.2) is 0 Å². The highest BCUT2D eigenvalue weighted by Crippen LogP contribution is 2.34. The van der Waals surface area contributed by atoms with Crippen molar-refractivity contribution in [3.63, 3.8) is 0 Å². The van der Waals surface area contributed by atoms with Gasteiger partial charge in [-0.2, -0.15) is 15.0 Å². The van der Waals surface area contributed by atoms with E-state index in [2.05, 4.69) is 25.7 Å². The highest BCUT2D eigenvalue weighted by molar-refractivity contribution is 5.44. The minimum absolute atomic E-state index is 0.0708. The van der Waals surface area contributed by atoms with Crippen LogP contribution in [0.3, 0.4) is 0 Å². The Balaban J connectivity index is 2.23. The van der Waals surface area contributed by atoms with Crippen LogP contribution in [0.2, 0.25) is 0 Å². The van der Waals surface area contributed by atoms with Crippen LogP contribution in [0.5, 0.6) is 0 Å². The molecule has 8 heteroatoms. The Morgan fingerprint density at radius 1 is 1.28 bits per heavy atom. The Bertz CT molecular complexity index is 413. The predicted octanol–water partition coefficient (Wildman–Crippen LogP) is -0.450. The van der Waals surface area contributed by atoms with Crippen LogP contribution >= 0.6 is 0 Å². The van der Waals surface area contributed by atoms with Crippen molar-refractivity contribution < 1.29 is 5.11 Å². The Morgan fingerprint density at radius 3 is 2.39 bits per heavy atom. The lowest BCUT2D eigenvalue weighted by molar-refractivity contribution is 0.143. The van der Waals surface area contributed by atoms with Crippen molar-refractivity contribution in [1.29, 1.82) is 0 Å². The molecular formula is C10H19N7O. The number of aliphatic hydroxyl groups excluding tert-OH is 1. The lowest BCUT2D eigenvalue weighted by Gasteiger charge is -2.40. The molecule has 0 saturated heterocycles. The summed E-state index contributed by atoms with van der Waals surface area (Å²) in [4.78, 5) is 14.3. The van der Waals surface area contributed by atoms with E-state index in [-0.39, 0.29) is 12.1 Å². The first-order valence-electron chi connectivity index (χ1n) is 5.88. The summed E-state index contributed by atoms with van der Waals surface area (Å²) >= 11 is 0. The number of rotatable bonds is 5. The third-order valence-corrected chi connectivity index (χ3v) is 3.14. The highest BCUT2D eigenvalue weighted by atomic mass is 16.3. The van der Waals surface area contributed by atoms with Crippen LogP contribution in [0.1, 0.15) is 19.3 Å². The standard InChI is InChI=1S/C10H19N7O/c1-17(2)9-13-7(12-8(14-9)16-11)15-10(6-18)4-3-5-10/h18H,3-6,11H2,1-2H3,(H2,12,13,14,15,16). The number of aliphatic hydroxyl groups is 1. The second-order valence-electron chi connectivity index (χ2n) is 4.74. The van der Waals surface area contributed by atoms with E-state index in [0.29, 0.717) is 17.8 Å². The van der Waals surface area contributed by atoms with Crippen molar-refractivity contribution in [3.8, 4) is 0 Å². The van der Waals surface area contributed by atoms with E-state index in [4.69, 9.17) is 5.84 Å². The fourth-order valence-electron chi connectivity index (χ4n) is 1.85. The minimum Gasteiger partial charge on any atom is -0.394 e. The summed E-state index contributed by atoms with van der Waals surface area (Å²) in [6.07, 6.45) is 2.93. The first-order chi connectivity index (χ1) is 8.58. The molecular weight excluding hydrogens is 234 g/mol. The molecule has 5 N–H and O–H groups in total. The molecule has 0 radical (unpaired) electrons. The molecule has 0 amide bonds. The van der Waals surface area contributed by atoms with Crippen LogP contribution in [-0.4, -0.2) is 46.3 Å². The molecule has 2 rings (SSSR count). The molecule has 8 nitrogen and oxygen atoms in total. The van der Waals surface area contributed by atoms with Crippen LogP contribution in [-0.2, 0) is 0 Å². The summed E-state index contributed by atoms with van der Waals surface area (Å²) in [6.45, 7) is 0.0708. The number of nitrogen functional groups attached to an aromatic ring is 1. The molecule has 0 atom stereocenters. The van der Waals surface area contributed by atoms with Gasteiger partial charge in [0.25, 0.3) is 0 Å². The maximum absolute atomic E-state index is 9.42. The third kappa shape index (κ3) is 2.44. The molecule has 0 spiro atoms. The monoisotopic (exact) mass is 253 g/mol. The van der Waals surface area contributed by atoms with E-state index in [0.717, 1.165) is 19.3 Å². The van der Waals surface area contributed by atoms with Gasteiger partial charge in [0, 0.05) is 14.1 Å². The lowest BCUT2D eigenvalue weighted by atomic mass is 9.77. The summed E-state index contributed by atoms with van der Waals surface area (Å²) < 4.78 is 0. The predicted molar refractivity (Wildman–Crippen MR) is 69.3 cm³/mol. The van der Waals surface area contributed by atoms with Gasteiger partial charge in [0.2, 0.25) is 17.8 Å². The van der Waals surface area contributed by atoms with Crippen molar-refractivity contribution in [1.82, 2.24) is 15.0 Å². The van der Waals surface area contributed by atoms with Crippen molar-refractivity contribution >= 4 is 17.8 Å². The SMILES string of the molecule is CN(C)c1nc(NN)nc(NC2(CO)CCC2)n1. The van der Waals surface area contributed by atoms with Gasteiger partial charge in [-0.25, -0.2) is 5.84 Å². The van der Waals surface area contributed by atoms with Gasteiger partial charge in [-0.05, 0) is 19.3 Å². The Kier molecular flexibility index (Phi) is 3.48. The summed E-state index contributed by atoms with van der Waals surface area (Å²) in [6, 6.07) is 0. The lowest BCUT2D eigenvalue weighted by Crippen LogP contribution is -2.48. The van der Waals surface area contributed by atoms with Gasteiger partial charge in [-0.15, -0.1) is 0 Å². The van der Waals surface area contributed by atoms with Gasteiger partial charge in [0.15, 0.2) is 0 Å². The summed E-state index contributed by atoms with van der Waals surface area (Å²) in [5.41, 5.74) is 2.12. The zero-order valence-electron chi connectivity index (χ0n) is 10.6. The molecule has 1 heterocycles. The molecule has 1 aromatic heterocycles. The van der Waals surface area contributed by atoms with Crippen LogP contribution < -0.4 is 21.5 Å². The Morgan fingerprint density at radius 2 is 1.94 bits per heavy atom. The fourth-order valence-corrected chi connectivity index (χ4v) is 1.85. The van der Waals surface area contributed by atoms with Gasteiger partial charge in [-0.3, -0.25) is 5.43 Å². The maximum atomic E-state index is 9.42. The molecule has 1 fully saturated rings.